The van der Waals surface area contributed by atoms with Gasteiger partial charge in [0.1, 0.15) is 5.75 Å². The van der Waals surface area contributed by atoms with Gasteiger partial charge >= 0.3 is 0 Å². The third-order valence-electron chi connectivity index (χ3n) is 1.51. The fourth-order valence-electron chi connectivity index (χ4n) is 0.874. The summed E-state index contributed by atoms with van der Waals surface area (Å²) in [5, 5.41) is 0.537. The Morgan fingerprint density at radius 3 is 2.46 bits per heavy atom. The molecule has 0 radical (unpaired) electrons. The first kappa shape index (κ1) is 10.2. The van der Waals surface area contributed by atoms with Crippen molar-refractivity contribution >= 4 is 29.1 Å². The molecule has 0 spiro atoms. The number of hydrogen-bond donors (Lipinski definition) is 1. The zero-order valence-corrected chi connectivity index (χ0v) is 8.32. The summed E-state index contributed by atoms with van der Waals surface area (Å²) in [4.78, 5) is 10.8. The van der Waals surface area contributed by atoms with Crippen LogP contribution in [0.1, 0.15) is 10.4 Å². The predicted octanol–water partition coefficient (Wildman–Crippen LogP) is 2.10. The van der Waals surface area contributed by atoms with Gasteiger partial charge in [0.2, 0.25) is 5.91 Å². The molecule has 2 N–H and O–H groups in total. The molecule has 0 heterocycles. The fourth-order valence-corrected chi connectivity index (χ4v) is 1.36. The summed E-state index contributed by atoms with van der Waals surface area (Å²) in [5.74, 6) is -0.203. The van der Waals surface area contributed by atoms with Crippen molar-refractivity contribution in [3.63, 3.8) is 0 Å². The van der Waals surface area contributed by atoms with Gasteiger partial charge in [-0.05, 0) is 6.07 Å². The number of ether oxygens (including phenoxy) is 1. The van der Waals surface area contributed by atoms with Crippen LogP contribution in [0.3, 0.4) is 0 Å². The van der Waals surface area contributed by atoms with Gasteiger partial charge in [-0.3, -0.25) is 4.79 Å². The van der Waals surface area contributed by atoms with Gasteiger partial charge in [-0.15, -0.1) is 0 Å². The van der Waals surface area contributed by atoms with Crippen LogP contribution < -0.4 is 10.5 Å². The van der Waals surface area contributed by atoms with Gasteiger partial charge in [-0.1, -0.05) is 23.2 Å². The molecule has 1 amide bonds. The van der Waals surface area contributed by atoms with Crippen LogP contribution in [0.5, 0.6) is 5.75 Å². The van der Waals surface area contributed by atoms with E-state index in [0.717, 1.165) is 0 Å². The molecule has 70 valence electrons. The highest BCUT2D eigenvalue weighted by molar-refractivity contribution is 6.36. The highest BCUT2D eigenvalue weighted by Crippen LogP contribution is 2.30. The summed E-state index contributed by atoms with van der Waals surface area (Å²) in [6, 6.07) is 2.83. The number of primary amides is 1. The first-order chi connectivity index (χ1) is 6.06. The predicted molar refractivity (Wildman–Crippen MR) is 51.5 cm³/mol. The lowest BCUT2D eigenvalue weighted by atomic mass is 10.2. The molecule has 5 heteroatoms. The van der Waals surface area contributed by atoms with Gasteiger partial charge in [0, 0.05) is 6.07 Å². The second kappa shape index (κ2) is 3.85. The first-order valence-corrected chi connectivity index (χ1v) is 4.14. The largest absolute Gasteiger partial charge is 0.495 e. The molecule has 1 rings (SSSR count). The molecule has 0 bridgehead atoms. The Hall–Kier alpha value is -0.930. The Labute approximate surface area is 85.4 Å². The van der Waals surface area contributed by atoms with Crippen LogP contribution in [0.2, 0.25) is 10.0 Å². The minimum Gasteiger partial charge on any atom is -0.495 e. The normalized spacial score (nSPS) is 9.77. The van der Waals surface area contributed by atoms with E-state index >= 15 is 0 Å². The minimum atomic E-state index is -0.616. The van der Waals surface area contributed by atoms with E-state index in [9.17, 15) is 4.79 Å². The number of methoxy groups -OCH3 is 1. The summed E-state index contributed by atoms with van der Waals surface area (Å²) in [7, 11) is 1.46. The van der Waals surface area contributed by atoms with Gasteiger partial charge in [0.15, 0.2) is 0 Å². The topological polar surface area (TPSA) is 52.3 Å². The standard InChI is InChI=1S/C8H7Cl2NO2/c1-13-7-3-5(9)4(8(11)12)2-6(7)10/h2-3H,1H3,(H2,11,12). The van der Waals surface area contributed by atoms with E-state index in [1.165, 1.54) is 19.2 Å². The van der Waals surface area contributed by atoms with Gasteiger partial charge in [-0.2, -0.15) is 0 Å². The van der Waals surface area contributed by atoms with Crippen LogP contribution in [0, 0.1) is 0 Å². The van der Waals surface area contributed by atoms with Crippen molar-refractivity contribution in [2.75, 3.05) is 7.11 Å². The number of carbonyl (C=O) groups excluding carboxylic acids is 1. The van der Waals surface area contributed by atoms with Crippen molar-refractivity contribution in [1.82, 2.24) is 0 Å². The Morgan fingerprint density at radius 2 is 2.00 bits per heavy atom. The van der Waals surface area contributed by atoms with E-state index < -0.39 is 5.91 Å². The summed E-state index contributed by atoms with van der Waals surface area (Å²) in [6.07, 6.45) is 0. The SMILES string of the molecule is COc1cc(Cl)c(C(N)=O)cc1Cl. The van der Waals surface area contributed by atoms with Crippen LogP contribution in [0.25, 0.3) is 0 Å². The highest BCUT2D eigenvalue weighted by atomic mass is 35.5. The van der Waals surface area contributed by atoms with Gasteiger partial charge in [0.25, 0.3) is 0 Å². The lowest BCUT2D eigenvalue weighted by Gasteiger charge is -2.05. The molecule has 1 aromatic rings. The number of halogens is 2. The third-order valence-corrected chi connectivity index (χ3v) is 2.12. The molecule has 1 aromatic carbocycles. The zero-order chi connectivity index (χ0) is 10.0. The number of hydrogen-bond acceptors (Lipinski definition) is 2. The van der Waals surface area contributed by atoms with Crippen LogP contribution in [0.4, 0.5) is 0 Å². The van der Waals surface area contributed by atoms with Gasteiger partial charge < -0.3 is 10.5 Å². The van der Waals surface area contributed by atoms with E-state index in [1.54, 1.807) is 0 Å². The van der Waals surface area contributed by atoms with Crippen molar-refractivity contribution in [3.8, 4) is 5.75 Å². The Kier molecular flexibility index (Phi) is 3.01. The lowest BCUT2D eigenvalue weighted by Crippen LogP contribution is -2.11. The maximum Gasteiger partial charge on any atom is 0.250 e. The monoisotopic (exact) mass is 219 g/mol. The fraction of sp³-hybridized carbons (Fsp3) is 0.125. The number of carbonyl (C=O) groups is 1. The molecule has 0 unspecified atom stereocenters. The number of rotatable bonds is 2. The van der Waals surface area contributed by atoms with Crippen LogP contribution in [0.15, 0.2) is 12.1 Å². The second-order valence-electron chi connectivity index (χ2n) is 2.33. The van der Waals surface area contributed by atoms with E-state index in [0.29, 0.717) is 10.8 Å². The molecule has 3 nitrogen and oxygen atoms in total. The minimum absolute atomic E-state index is 0.187. The van der Waals surface area contributed by atoms with E-state index in [1.807, 2.05) is 0 Å². The zero-order valence-electron chi connectivity index (χ0n) is 6.80. The lowest BCUT2D eigenvalue weighted by molar-refractivity contribution is 0.100. The molecule has 0 aliphatic carbocycles. The first-order valence-electron chi connectivity index (χ1n) is 3.39. The molecule has 0 atom stereocenters. The molecule has 0 fully saturated rings. The molecular formula is C8H7Cl2NO2. The summed E-state index contributed by atoms with van der Waals surface area (Å²) >= 11 is 11.5. The average Bonchev–Trinajstić information content (AvgIpc) is 2.07. The smallest absolute Gasteiger partial charge is 0.250 e. The van der Waals surface area contributed by atoms with E-state index in [2.05, 4.69) is 0 Å². The van der Waals surface area contributed by atoms with E-state index in [-0.39, 0.29) is 10.6 Å². The average molecular weight is 220 g/mol. The van der Waals surface area contributed by atoms with Crippen molar-refractivity contribution in [1.29, 1.82) is 0 Å². The third kappa shape index (κ3) is 2.05. The maximum atomic E-state index is 10.8. The second-order valence-corrected chi connectivity index (χ2v) is 3.15. The highest BCUT2D eigenvalue weighted by Gasteiger charge is 2.11. The molecule has 0 aromatic heterocycles. The summed E-state index contributed by atoms with van der Waals surface area (Å²) < 4.78 is 4.89. The Morgan fingerprint density at radius 1 is 1.38 bits per heavy atom. The van der Waals surface area contributed by atoms with Crippen LogP contribution >= 0.6 is 23.2 Å². The molecule has 13 heavy (non-hydrogen) atoms. The number of amides is 1. The van der Waals surface area contributed by atoms with Crippen LogP contribution in [-0.4, -0.2) is 13.0 Å². The van der Waals surface area contributed by atoms with Crippen molar-refractivity contribution in [2.45, 2.75) is 0 Å². The van der Waals surface area contributed by atoms with Gasteiger partial charge in [-0.25, -0.2) is 0 Å². The molecule has 0 aliphatic heterocycles. The molecular weight excluding hydrogens is 213 g/mol. The quantitative estimate of drug-likeness (QED) is 0.829. The van der Waals surface area contributed by atoms with Crippen molar-refractivity contribution < 1.29 is 9.53 Å². The molecule has 0 saturated heterocycles. The van der Waals surface area contributed by atoms with Crippen molar-refractivity contribution in [3.05, 3.63) is 27.7 Å². The summed E-state index contributed by atoms with van der Waals surface area (Å²) in [5.41, 5.74) is 5.24. The Bertz CT molecular complexity index is 352. The number of nitrogens with two attached hydrogens (primary N) is 1. The number of benzene rings is 1. The van der Waals surface area contributed by atoms with Crippen molar-refractivity contribution in [2.24, 2.45) is 5.73 Å². The van der Waals surface area contributed by atoms with Gasteiger partial charge in [0.05, 0.1) is 22.7 Å². The maximum absolute atomic E-state index is 10.8. The summed E-state index contributed by atoms with van der Waals surface area (Å²) in [6.45, 7) is 0. The van der Waals surface area contributed by atoms with Crippen LogP contribution in [-0.2, 0) is 0 Å². The Balaban J connectivity index is 3.28. The molecule has 0 aliphatic rings. The molecule has 0 saturated carbocycles. The van der Waals surface area contributed by atoms with E-state index in [4.69, 9.17) is 33.7 Å².